The monoisotopic (exact) mass is 314 g/mol. The third kappa shape index (κ3) is 2.81. The van der Waals surface area contributed by atoms with Gasteiger partial charge in [-0.2, -0.15) is 0 Å². The number of hydrogen-bond donors (Lipinski definition) is 2. The standard InChI is InChI=1S/C12H15BrN2O3/c1-12(17,7-3-4-7)11(16)14-8-5-9(13)15-10(6-8)18-2/h5-7,17H,3-4H2,1-2H3,(H,14,15,16). The van der Waals surface area contributed by atoms with Crippen LogP contribution < -0.4 is 10.1 Å². The molecule has 0 aromatic carbocycles. The molecule has 1 heterocycles. The molecule has 5 nitrogen and oxygen atoms in total. The van der Waals surface area contributed by atoms with Crippen molar-refractivity contribution in [3.05, 3.63) is 16.7 Å². The van der Waals surface area contributed by atoms with Crippen LogP contribution in [0.5, 0.6) is 5.88 Å². The van der Waals surface area contributed by atoms with E-state index in [0.717, 1.165) is 12.8 Å². The van der Waals surface area contributed by atoms with Crippen molar-refractivity contribution in [1.82, 2.24) is 4.98 Å². The number of amides is 1. The summed E-state index contributed by atoms with van der Waals surface area (Å²) < 4.78 is 5.57. The Balaban J connectivity index is 2.13. The van der Waals surface area contributed by atoms with Crippen LogP contribution in [0.3, 0.4) is 0 Å². The maximum absolute atomic E-state index is 12.0. The van der Waals surface area contributed by atoms with Crippen LogP contribution in [0.1, 0.15) is 19.8 Å². The molecule has 2 rings (SSSR count). The molecule has 1 aliphatic carbocycles. The van der Waals surface area contributed by atoms with Gasteiger partial charge < -0.3 is 15.2 Å². The summed E-state index contributed by atoms with van der Waals surface area (Å²) in [5, 5.41) is 12.8. The van der Waals surface area contributed by atoms with E-state index in [4.69, 9.17) is 4.74 Å². The molecule has 0 spiro atoms. The summed E-state index contributed by atoms with van der Waals surface area (Å²) in [5.74, 6) is 0.0561. The van der Waals surface area contributed by atoms with Gasteiger partial charge >= 0.3 is 0 Å². The molecule has 6 heteroatoms. The molecule has 1 fully saturated rings. The van der Waals surface area contributed by atoms with Gasteiger partial charge in [0.05, 0.1) is 7.11 Å². The number of hydrogen-bond acceptors (Lipinski definition) is 4. The smallest absolute Gasteiger partial charge is 0.256 e. The SMILES string of the molecule is COc1cc(NC(=O)C(C)(O)C2CC2)cc(Br)n1. The van der Waals surface area contributed by atoms with Gasteiger partial charge in [0.15, 0.2) is 0 Å². The molecule has 98 valence electrons. The van der Waals surface area contributed by atoms with Crippen LogP contribution in [-0.2, 0) is 4.79 Å². The van der Waals surface area contributed by atoms with E-state index in [1.807, 2.05) is 0 Å². The fraction of sp³-hybridized carbons (Fsp3) is 0.500. The van der Waals surface area contributed by atoms with Crippen LogP contribution in [0, 0.1) is 5.92 Å². The van der Waals surface area contributed by atoms with E-state index in [1.165, 1.54) is 7.11 Å². The normalized spacial score (nSPS) is 18.0. The molecular formula is C12H15BrN2O3. The van der Waals surface area contributed by atoms with Gasteiger partial charge in [-0.05, 0) is 47.7 Å². The van der Waals surface area contributed by atoms with E-state index in [2.05, 4.69) is 26.2 Å². The maximum atomic E-state index is 12.0. The molecule has 1 amide bonds. The number of halogens is 1. The summed E-state index contributed by atoms with van der Waals surface area (Å²) in [6, 6.07) is 3.26. The molecular weight excluding hydrogens is 300 g/mol. The Bertz CT molecular complexity index is 472. The Hall–Kier alpha value is -1.14. The van der Waals surface area contributed by atoms with Crippen LogP contribution in [0.15, 0.2) is 16.7 Å². The molecule has 0 radical (unpaired) electrons. The Morgan fingerprint density at radius 1 is 1.61 bits per heavy atom. The Labute approximate surface area is 114 Å². The van der Waals surface area contributed by atoms with Crippen LogP contribution in [0.4, 0.5) is 5.69 Å². The summed E-state index contributed by atoms with van der Waals surface area (Å²) in [5.41, 5.74) is -0.775. The summed E-state index contributed by atoms with van der Waals surface area (Å²) in [6.07, 6.45) is 1.79. The minimum atomic E-state index is -1.32. The third-order valence-electron chi connectivity index (χ3n) is 3.07. The number of carbonyl (C=O) groups is 1. The van der Waals surface area contributed by atoms with Crippen molar-refractivity contribution >= 4 is 27.5 Å². The highest BCUT2D eigenvalue weighted by Gasteiger charge is 2.45. The van der Waals surface area contributed by atoms with E-state index < -0.39 is 11.5 Å². The second-order valence-electron chi connectivity index (χ2n) is 4.60. The molecule has 0 aliphatic heterocycles. The molecule has 18 heavy (non-hydrogen) atoms. The van der Waals surface area contributed by atoms with E-state index in [-0.39, 0.29) is 5.92 Å². The number of carbonyl (C=O) groups excluding carboxylic acids is 1. The molecule has 1 aromatic rings. The second-order valence-corrected chi connectivity index (χ2v) is 5.41. The summed E-state index contributed by atoms with van der Waals surface area (Å²) in [7, 11) is 1.50. The molecule has 1 aliphatic rings. The Morgan fingerprint density at radius 3 is 2.83 bits per heavy atom. The number of nitrogens with one attached hydrogen (secondary N) is 1. The highest BCUT2D eigenvalue weighted by atomic mass is 79.9. The van der Waals surface area contributed by atoms with Crippen molar-refractivity contribution in [1.29, 1.82) is 0 Å². The van der Waals surface area contributed by atoms with E-state index in [9.17, 15) is 9.90 Å². The largest absolute Gasteiger partial charge is 0.481 e. The number of rotatable bonds is 4. The Kier molecular flexibility index (Phi) is 3.59. The molecule has 0 saturated heterocycles. The number of aliphatic hydroxyl groups is 1. The molecule has 0 bridgehead atoms. The first-order valence-corrected chi connectivity index (χ1v) is 6.48. The number of nitrogens with zero attached hydrogens (tertiary/aromatic N) is 1. The second kappa shape index (κ2) is 4.85. The lowest BCUT2D eigenvalue weighted by Crippen LogP contribution is -2.42. The van der Waals surface area contributed by atoms with Crippen molar-refractivity contribution < 1.29 is 14.6 Å². The van der Waals surface area contributed by atoms with Gasteiger partial charge in [-0.15, -0.1) is 0 Å². The minimum Gasteiger partial charge on any atom is -0.481 e. The molecule has 2 N–H and O–H groups in total. The zero-order valence-corrected chi connectivity index (χ0v) is 11.8. The highest BCUT2D eigenvalue weighted by Crippen LogP contribution is 2.40. The van der Waals surface area contributed by atoms with Gasteiger partial charge in [0, 0.05) is 11.8 Å². The first-order valence-electron chi connectivity index (χ1n) is 5.69. The van der Waals surface area contributed by atoms with E-state index >= 15 is 0 Å². The van der Waals surface area contributed by atoms with Crippen molar-refractivity contribution in [2.45, 2.75) is 25.4 Å². The average molecular weight is 315 g/mol. The average Bonchev–Trinajstić information content (AvgIpc) is 3.11. The zero-order chi connectivity index (χ0) is 13.3. The highest BCUT2D eigenvalue weighted by molar-refractivity contribution is 9.10. The Morgan fingerprint density at radius 2 is 2.28 bits per heavy atom. The lowest BCUT2D eigenvalue weighted by Gasteiger charge is -2.21. The number of ether oxygens (including phenoxy) is 1. The lowest BCUT2D eigenvalue weighted by molar-refractivity contribution is -0.134. The molecule has 1 saturated carbocycles. The van der Waals surface area contributed by atoms with Gasteiger partial charge in [-0.25, -0.2) is 4.98 Å². The van der Waals surface area contributed by atoms with Crippen molar-refractivity contribution in [3.8, 4) is 5.88 Å². The van der Waals surface area contributed by atoms with Crippen molar-refractivity contribution in [2.75, 3.05) is 12.4 Å². The summed E-state index contributed by atoms with van der Waals surface area (Å²) >= 11 is 3.23. The molecule has 1 unspecified atom stereocenters. The molecule has 1 atom stereocenters. The van der Waals surface area contributed by atoms with Gasteiger partial charge in [-0.3, -0.25) is 4.79 Å². The summed E-state index contributed by atoms with van der Waals surface area (Å²) in [6.45, 7) is 1.55. The number of pyridine rings is 1. The zero-order valence-electron chi connectivity index (χ0n) is 10.2. The minimum absolute atomic E-state index is 0.0599. The number of aromatic nitrogens is 1. The first-order chi connectivity index (χ1) is 8.43. The first kappa shape index (κ1) is 13.3. The quantitative estimate of drug-likeness (QED) is 0.833. The fourth-order valence-corrected chi connectivity index (χ4v) is 2.16. The number of methoxy groups -OCH3 is 1. The lowest BCUT2D eigenvalue weighted by atomic mass is 9.99. The van der Waals surface area contributed by atoms with Gasteiger partial charge in [0.25, 0.3) is 5.91 Å². The fourth-order valence-electron chi connectivity index (χ4n) is 1.74. The van der Waals surface area contributed by atoms with Crippen LogP contribution in [0.25, 0.3) is 0 Å². The number of anilines is 1. The topological polar surface area (TPSA) is 71.5 Å². The predicted molar refractivity (Wildman–Crippen MR) is 70.5 cm³/mol. The van der Waals surface area contributed by atoms with Gasteiger partial charge in [0.2, 0.25) is 5.88 Å². The van der Waals surface area contributed by atoms with Crippen LogP contribution >= 0.6 is 15.9 Å². The van der Waals surface area contributed by atoms with E-state index in [0.29, 0.717) is 16.2 Å². The predicted octanol–water partition coefficient (Wildman–Crippen LogP) is 1.95. The van der Waals surface area contributed by atoms with Gasteiger partial charge in [0.1, 0.15) is 10.2 Å². The van der Waals surface area contributed by atoms with Gasteiger partial charge in [-0.1, -0.05) is 0 Å². The van der Waals surface area contributed by atoms with Crippen LogP contribution in [-0.4, -0.2) is 28.7 Å². The van der Waals surface area contributed by atoms with Crippen molar-refractivity contribution in [2.24, 2.45) is 5.92 Å². The third-order valence-corrected chi connectivity index (χ3v) is 3.48. The summed E-state index contributed by atoms with van der Waals surface area (Å²) in [4.78, 5) is 16.0. The molecule has 1 aromatic heterocycles. The van der Waals surface area contributed by atoms with Crippen molar-refractivity contribution in [3.63, 3.8) is 0 Å². The van der Waals surface area contributed by atoms with E-state index in [1.54, 1.807) is 19.1 Å². The van der Waals surface area contributed by atoms with Crippen LogP contribution in [0.2, 0.25) is 0 Å². The maximum Gasteiger partial charge on any atom is 0.256 e.